The van der Waals surface area contributed by atoms with Crippen molar-refractivity contribution in [3.8, 4) is 11.8 Å². The van der Waals surface area contributed by atoms with Gasteiger partial charge in [0.2, 0.25) is 10.0 Å². The summed E-state index contributed by atoms with van der Waals surface area (Å²) in [6, 6.07) is 7.93. The van der Waals surface area contributed by atoms with Crippen LogP contribution in [0.4, 0.5) is 5.69 Å². The van der Waals surface area contributed by atoms with Gasteiger partial charge in [0.15, 0.2) is 6.61 Å². The molecule has 0 atom stereocenters. The van der Waals surface area contributed by atoms with Crippen molar-refractivity contribution >= 4 is 21.7 Å². The van der Waals surface area contributed by atoms with E-state index >= 15 is 0 Å². The molecule has 0 heterocycles. The Balaban J connectivity index is 2.55. The Kier molecular flexibility index (Phi) is 6.49. The van der Waals surface area contributed by atoms with E-state index in [-0.39, 0.29) is 25.4 Å². The number of ether oxygens (including phenoxy) is 2. The first-order valence-electron chi connectivity index (χ1n) is 6.23. The number of nitrogens with zero attached hydrogens (tertiary/aromatic N) is 1. The normalized spacial score (nSPS) is 10.5. The molecule has 0 aliphatic rings. The smallest absolute Gasteiger partial charge is 0.306 e. The van der Waals surface area contributed by atoms with Crippen molar-refractivity contribution in [2.24, 2.45) is 0 Å². The number of carbonyl (C=O) groups excluding carboxylic acids is 1. The molecule has 1 aromatic rings. The Morgan fingerprint density at radius 1 is 1.33 bits per heavy atom. The van der Waals surface area contributed by atoms with Crippen molar-refractivity contribution in [1.82, 2.24) is 0 Å². The second kappa shape index (κ2) is 8.11. The third kappa shape index (κ3) is 6.63. The predicted octanol–water partition coefficient (Wildman–Crippen LogP) is 1.28. The lowest BCUT2D eigenvalue weighted by Gasteiger charge is -2.08. The van der Waals surface area contributed by atoms with Gasteiger partial charge in [0, 0.05) is 5.69 Å². The van der Waals surface area contributed by atoms with Gasteiger partial charge in [0.1, 0.15) is 11.8 Å². The van der Waals surface area contributed by atoms with Crippen LogP contribution in [0, 0.1) is 11.3 Å². The largest absolute Gasteiger partial charge is 0.479 e. The average Bonchev–Trinajstić information content (AvgIpc) is 2.45. The minimum atomic E-state index is -3.62. The van der Waals surface area contributed by atoms with Crippen LogP contribution in [0.1, 0.15) is 13.3 Å². The molecule has 1 aromatic carbocycles. The van der Waals surface area contributed by atoms with Gasteiger partial charge < -0.3 is 9.47 Å². The van der Waals surface area contributed by atoms with Gasteiger partial charge in [-0.3, -0.25) is 9.52 Å². The number of esters is 1. The SMILES string of the molecule is CCOC(=O)CCS(=O)(=O)Nc1ccc(OCC#N)cc1. The maximum Gasteiger partial charge on any atom is 0.306 e. The first-order chi connectivity index (χ1) is 9.96. The molecule has 0 saturated heterocycles. The van der Waals surface area contributed by atoms with Crippen LogP contribution in [0.3, 0.4) is 0 Å². The Hall–Kier alpha value is -2.27. The predicted molar refractivity (Wildman–Crippen MR) is 76.2 cm³/mol. The zero-order valence-corrected chi connectivity index (χ0v) is 12.4. The summed E-state index contributed by atoms with van der Waals surface area (Å²) in [6.45, 7) is 1.79. The first-order valence-corrected chi connectivity index (χ1v) is 7.88. The lowest BCUT2D eigenvalue weighted by Crippen LogP contribution is -2.19. The number of sulfonamides is 1. The fourth-order valence-electron chi connectivity index (χ4n) is 1.42. The number of anilines is 1. The topological polar surface area (TPSA) is 105 Å². The zero-order chi connectivity index (χ0) is 15.7. The molecule has 0 radical (unpaired) electrons. The monoisotopic (exact) mass is 312 g/mol. The maximum absolute atomic E-state index is 11.8. The van der Waals surface area contributed by atoms with E-state index in [4.69, 9.17) is 10.00 Å². The van der Waals surface area contributed by atoms with E-state index in [9.17, 15) is 13.2 Å². The van der Waals surface area contributed by atoms with Gasteiger partial charge in [-0.1, -0.05) is 0 Å². The number of hydrogen-bond donors (Lipinski definition) is 1. The molecule has 0 amide bonds. The second-order valence-electron chi connectivity index (χ2n) is 3.95. The van der Waals surface area contributed by atoms with Crippen LogP contribution >= 0.6 is 0 Å². The van der Waals surface area contributed by atoms with Crippen LogP contribution in [0.2, 0.25) is 0 Å². The van der Waals surface area contributed by atoms with E-state index in [0.29, 0.717) is 11.4 Å². The highest BCUT2D eigenvalue weighted by atomic mass is 32.2. The third-order valence-electron chi connectivity index (χ3n) is 2.31. The first kappa shape index (κ1) is 16.8. The Morgan fingerprint density at radius 3 is 2.57 bits per heavy atom. The summed E-state index contributed by atoms with van der Waals surface area (Å²) < 4.78 is 35.6. The Bertz CT molecular complexity index is 604. The van der Waals surface area contributed by atoms with E-state index in [0.717, 1.165) is 0 Å². The van der Waals surface area contributed by atoms with Gasteiger partial charge in [-0.05, 0) is 31.2 Å². The number of rotatable bonds is 8. The summed E-state index contributed by atoms with van der Waals surface area (Å²) in [5, 5.41) is 8.37. The summed E-state index contributed by atoms with van der Waals surface area (Å²) in [5.41, 5.74) is 0.350. The highest BCUT2D eigenvalue weighted by Gasteiger charge is 2.14. The van der Waals surface area contributed by atoms with Crippen molar-refractivity contribution in [3.05, 3.63) is 24.3 Å². The van der Waals surface area contributed by atoms with Gasteiger partial charge in [-0.2, -0.15) is 5.26 Å². The molecule has 114 valence electrons. The van der Waals surface area contributed by atoms with Crippen molar-refractivity contribution in [2.75, 3.05) is 23.7 Å². The molecule has 0 spiro atoms. The van der Waals surface area contributed by atoms with Crippen LogP contribution in [-0.4, -0.2) is 33.4 Å². The standard InChI is InChI=1S/C13H16N2O5S/c1-2-19-13(16)7-10-21(17,18)15-11-3-5-12(6-4-11)20-9-8-14/h3-6,15H,2,7,9-10H2,1H3. The van der Waals surface area contributed by atoms with Gasteiger partial charge in [-0.25, -0.2) is 8.42 Å². The molecule has 21 heavy (non-hydrogen) atoms. The van der Waals surface area contributed by atoms with Crippen LogP contribution in [0.15, 0.2) is 24.3 Å². The highest BCUT2D eigenvalue weighted by molar-refractivity contribution is 7.92. The van der Waals surface area contributed by atoms with Crippen molar-refractivity contribution in [2.45, 2.75) is 13.3 Å². The number of nitrogens with one attached hydrogen (secondary N) is 1. The third-order valence-corrected chi connectivity index (χ3v) is 3.60. The van der Waals surface area contributed by atoms with Crippen LogP contribution in [-0.2, 0) is 19.6 Å². The highest BCUT2D eigenvalue weighted by Crippen LogP contribution is 2.16. The van der Waals surface area contributed by atoms with Crippen molar-refractivity contribution < 1.29 is 22.7 Å². The van der Waals surface area contributed by atoms with E-state index in [1.54, 1.807) is 19.1 Å². The molecule has 1 N–H and O–H groups in total. The summed E-state index contributed by atoms with van der Waals surface area (Å²) in [7, 11) is -3.62. The maximum atomic E-state index is 11.8. The number of benzene rings is 1. The lowest BCUT2D eigenvalue weighted by molar-refractivity contribution is -0.142. The molecule has 1 rings (SSSR count). The fraction of sp³-hybridized carbons (Fsp3) is 0.385. The molecule has 0 saturated carbocycles. The van der Waals surface area contributed by atoms with E-state index < -0.39 is 16.0 Å². The lowest BCUT2D eigenvalue weighted by atomic mass is 10.3. The van der Waals surface area contributed by atoms with Crippen LogP contribution in [0.25, 0.3) is 0 Å². The summed E-state index contributed by atoms with van der Waals surface area (Å²) in [4.78, 5) is 11.1. The zero-order valence-electron chi connectivity index (χ0n) is 11.5. The Morgan fingerprint density at radius 2 is 2.00 bits per heavy atom. The van der Waals surface area contributed by atoms with E-state index in [2.05, 4.69) is 9.46 Å². The molecule has 0 aliphatic carbocycles. The van der Waals surface area contributed by atoms with Crippen molar-refractivity contribution in [1.29, 1.82) is 5.26 Å². The number of carbonyl (C=O) groups is 1. The van der Waals surface area contributed by atoms with Gasteiger partial charge in [0.25, 0.3) is 0 Å². The minimum absolute atomic E-state index is 0.0788. The molecular formula is C13H16N2O5S. The molecule has 0 aromatic heterocycles. The van der Waals surface area contributed by atoms with Gasteiger partial charge >= 0.3 is 5.97 Å². The molecule has 0 bridgehead atoms. The van der Waals surface area contributed by atoms with E-state index in [1.165, 1.54) is 12.1 Å². The van der Waals surface area contributed by atoms with Crippen LogP contribution in [0.5, 0.6) is 5.75 Å². The molecule has 8 heteroatoms. The molecule has 0 unspecified atom stereocenters. The fourth-order valence-corrected chi connectivity index (χ4v) is 2.45. The van der Waals surface area contributed by atoms with E-state index in [1.807, 2.05) is 6.07 Å². The molecule has 7 nitrogen and oxygen atoms in total. The number of nitriles is 1. The Labute approximate surface area is 123 Å². The molecule has 0 fully saturated rings. The minimum Gasteiger partial charge on any atom is -0.479 e. The van der Waals surface area contributed by atoms with Crippen molar-refractivity contribution in [3.63, 3.8) is 0 Å². The second-order valence-corrected chi connectivity index (χ2v) is 5.79. The average molecular weight is 312 g/mol. The molecular weight excluding hydrogens is 296 g/mol. The van der Waals surface area contributed by atoms with Gasteiger partial charge in [-0.15, -0.1) is 0 Å². The summed E-state index contributed by atoms with van der Waals surface area (Å²) in [6.07, 6.45) is -0.202. The molecule has 0 aliphatic heterocycles. The number of hydrogen-bond acceptors (Lipinski definition) is 6. The summed E-state index contributed by atoms with van der Waals surface area (Å²) >= 11 is 0. The summed E-state index contributed by atoms with van der Waals surface area (Å²) in [5.74, 6) is -0.437. The quantitative estimate of drug-likeness (QED) is 0.725. The van der Waals surface area contributed by atoms with Gasteiger partial charge in [0.05, 0.1) is 18.8 Å². The van der Waals surface area contributed by atoms with Crippen LogP contribution < -0.4 is 9.46 Å².